The second-order valence-electron chi connectivity index (χ2n) is 5.41. The lowest BCUT2D eigenvalue weighted by molar-refractivity contribution is -0.115. The standard InChI is InChI=1S/C20H15F2NO/c21-17-10-11-18(22)19(13-17)23-20(24)12-14-6-8-16(9-7-14)15-4-2-1-3-5-15/h1-11,13H,12H2,(H,23,24). The Kier molecular flexibility index (Phi) is 4.66. The molecule has 3 aromatic carbocycles. The second kappa shape index (κ2) is 7.04. The van der Waals surface area contributed by atoms with Crippen molar-refractivity contribution in [3.63, 3.8) is 0 Å². The van der Waals surface area contributed by atoms with E-state index in [-0.39, 0.29) is 12.1 Å². The van der Waals surface area contributed by atoms with Crippen molar-refractivity contribution in [2.75, 3.05) is 5.32 Å². The quantitative estimate of drug-likeness (QED) is 0.733. The number of amides is 1. The van der Waals surface area contributed by atoms with E-state index >= 15 is 0 Å². The van der Waals surface area contributed by atoms with Crippen molar-refractivity contribution < 1.29 is 13.6 Å². The van der Waals surface area contributed by atoms with Gasteiger partial charge in [-0.2, -0.15) is 0 Å². The van der Waals surface area contributed by atoms with Crippen molar-refractivity contribution in [1.29, 1.82) is 0 Å². The molecule has 0 bridgehead atoms. The molecule has 0 saturated heterocycles. The average Bonchev–Trinajstić information content (AvgIpc) is 2.59. The van der Waals surface area contributed by atoms with Gasteiger partial charge >= 0.3 is 0 Å². The highest BCUT2D eigenvalue weighted by molar-refractivity contribution is 5.92. The average molecular weight is 323 g/mol. The first-order valence-electron chi connectivity index (χ1n) is 7.51. The first-order valence-corrected chi connectivity index (χ1v) is 7.51. The molecule has 0 aliphatic rings. The van der Waals surface area contributed by atoms with E-state index in [2.05, 4.69) is 5.32 Å². The number of halogens is 2. The molecule has 1 amide bonds. The van der Waals surface area contributed by atoms with E-state index in [9.17, 15) is 13.6 Å². The predicted octanol–water partition coefficient (Wildman–Crippen LogP) is 4.81. The van der Waals surface area contributed by atoms with Gasteiger partial charge in [0.05, 0.1) is 12.1 Å². The highest BCUT2D eigenvalue weighted by Crippen LogP contribution is 2.20. The van der Waals surface area contributed by atoms with Crippen LogP contribution in [0.3, 0.4) is 0 Å². The van der Waals surface area contributed by atoms with Gasteiger partial charge in [-0.05, 0) is 28.8 Å². The molecule has 3 rings (SSSR count). The minimum absolute atomic E-state index is 0.0883. The highest BCUT2D eigenvalue weighted by atomic mass is 19.1. The van der Waals surface area contributed by atoms with Gasteiger partial charge in [0.1, 0.15) is 11.6 Å². The van der Waals surface area contributed by atoms with Crippen molar-refractivity contribution in [3.05, 3.63) is 90.0 Å². The minimum Gasteiger partial charge on any atom is -0.323 e. The molecule has 0 aliphatic carbocycles. The lowest BCUT2D eigenvalue weighted by atomic mass is 10.0. The van der Waals surface area contributed by atoms with Gasteiger partial charge in [-0.15, -0.1) is 0 Å². The summed E-state index contributed by atoms with van der Waals surface area (Å²) in [4.78, 5) is 12.0. The molecule has 0 saturated carbocycles. The van der Waals surface area contributed by atoms with Gasteiger partial charge in [-0.1, -0.05) is 54.6 Å². The lowest BCUT2D eigenvalue weighted by Gasteiger charge is -2.07. The van der Waals surface area contributed by atoms with Crippen LogP contribution < -0.4 is 5.32 Å². The Labute approximate surface area is 138 Å². The van der Waals surface area contributed by atoms with Crippen LogP contribution in [0.15, 0.2) is 72.8 Å². The Hall–Kier alpha value is -3.01. The summed E-state index contributed by atoms with van der Waals surface area (Å²) in [6.07, 6.45) is 0.0883. The van der Waals surface area contributed by atoms with Gasteiger partial charge in [0.25, 0.3) is 0 Å². The van der Waals surface area contributed by atoms with E-state index in [0.717, 1.165) is 34.9 Å². The number of hydrogen-bond donors (Lipinski definition) is 1. The summed E-state index contributed by atoms with van der Waals surface area (Å²) < 4.78 is 26.6. The number of anilines is 1. The minimum atomic E-state index is -0.663. The summed E-state index contributed by atoms with van der Waals surface area (Å²) >= 11 is 0. The van der Waals surface area contributed by atoms with Gasteiger partial charge in [0.15, 0.2) is 0 Å². The van der Waals surface area contributed by atoms with Crippen LogP contribution in [-0.4, -0.2) is 5.91 Å². The summed E-state index contributed by atoms with van der Waals surface area (Å²) in [5.41, 5.74) is 2.79. The first-order chi connectivity index (χ1) is 11.6. The molecule has 0 spiro atoms. The molecular weight excluding hydrogens is 308 g/mol. The van der Waals surface area contributed by atoms with Crippen LogP contribution in [0.1, 0.15) is 5.56 Å². The second-order valence-corrected chi connectivity index (χ2v) is 5.41. The first kappa shape index (κ1) is 15.9. The molecule has 0 fully saturated rings. The van der Waals surface area contributed by atoms with Crippen LogP contribution in [-0.2, 0) is 11.2 Å². The molecule has 0 atom stereocenters. The largest absolute Gasteiger partial charge is 0.323 e. The Balaban J connectivity index is 1.67. The maximum atomic E-state index is 13.5. The van der Waals surface area contributed by atoms with Gasteiger partial charge in [-0.3, -0.25) is 4.79 Å². The summed E-state index contributed by atoms with van der Waals surface area (Å²) in [5.74, 6) is -1.66. The van der Waals surface area contributed by atoms with Crippen LogP contribution in [0.25, 0.3) is 11.1 Å². The summed E-state index contributed by atoms with van der Waals surface area (Å²) in [7, 11) is 0. The van der Waals surface area contributed by atoms with Crippen LogP contribution in [0.5, 0.6) is 0 Å². The fraction of sp³-hybridized carbons (Fsp3) is 0.0500. The molecule has 0 radical (unpaired) electrons. The number of carbonyl (C=O) groups is 1. The third-order valence-electron chi connectivity index (χ3n) is 3.63. The van der Waals surface area contributed by atoms with Gasteiger partial charge in [0, 0.05) is 6.07 Å². The zero-order valence-electron chi connectivity index (χ0n) is 12.8. The number of nitrogens with one attached hydrogen (secondary N) is 1. The van der Waals surface area contributed by atoms with E-state index in [4.69, 9.17) is 0 Å². The fourth-order valence-corrected chi connectivity index (χ4v) is 2.42. The summed E-state index contributed by atoms with van der Waals surface area (Å²) in [5, 5.41) is 2.39. The third kappa shape index (κ3) is 3.84. The van der Waals surface area contributed by atoms with E-state index < -0.39 is 17.5 Å². The number of benzene rings is 3. The van der Waals surface area contributed by atoms with Crippen molar-refractivity contribution in [1.82, 2.24) is 0 Å². The number of carbonyl (C=O) groups excluding carboxylic acids is 1. The Bertz CT molecular complexity index is 845. The maximum absolute atomic E-state index is 13.5. The normalized spacial score (nSPS) is 10.4. The molecule has 0 aliphatic heterocycles. The Morgan fingerprint density at radius 1 is 0.833 bits per heavy atom. The van der Waals surface area contributed by atoms with Gasteiger partial charge in [-0.25, -0.2) is 8.78 Å². The molecular formula is C20H15F2NO. The molecule has 2 nitrogen and oxygen atoms in total. The van der Waals surface area contributed by atoms with Crippen LogP contribution in [0, 0.1) is 11.6 Å². The van der Waals surface area contributed by atoms with Crippen LogP contribution >= 0.6 is 0 Å². The maximum Gasteiger partial charge on any atom is 0.228 e. The van der Waals surface area contributed by atoms with Crippen molar-refractivity contribution >= 4 is 11.6 Å². The summed E-state index contributed by atoms with van der Waals surface area (Å²) in [6.45, 7) is 0. The zero-order valence-corrected chi connectivity index (χ0v) is 12.8. The predicted molar refractivity (Wildman–Crippen MR) is 90.6 cm³/mol. The molecule has 3 aromatic rings. The van der Waals surface area contributed by atoms with Gasteiger partial charge < -0.3 is 5.32 Å². The SMILES string of the molecule is O=C(Cc1ccc(-c2ccccc2)cc1)Nc1cc(F)ccc1F. The highest BCUT2D eigenvalue weighted by Gasteiger charge is 2.09. The molecule has 4 heteroatoms. The van der Waals surface area contributed by atoms with Crippen LogP contribution in [0.2, 0.25) is 0 Å². The smallest absolute Gasteiger partial charge is 0.228 e. The van der Waals surface area contributed by atoms with Crippen LogP contribution in [0.4, 0.5) is 14.5 Å². The molecule has 0 heterocycles. The molecule has 0 aromatic heterocycles. The molecule has 120 valence electrons. The lowest BCUT2D eigenvalue weighted by Crippen LogP contribution is -2.15. The number of hydrogen-bond acceptors (Lipinski definition) is 1. The Morgan fingerprint density at radius 3 is 2.21 bits per heavy atom. The zero-order chi connectivity index (χ0) is 16.9. The number of rotatable bonds is 4. The van der Waals surface area contributed by atoms with E-state index in [1.165, 1.54) is 0 Å². The summed E-state index contributed by atoms with van der Waals surface area (Å²) in [6, 6.07) is 20.4. The fourth-order valence-electron chi connectivity index (χ4n) is 2.42. The van der Waals surface area contributed by atoms with Crippen molar-refractivity contribution in [2.45, 2.75) is 6.42 Å². The van der Waals surface area contributed by atoms with Gasteiger partial charge in [0.2, 0.25) is 5.91 Å². The van der Waals surface area contributed by atoms with E-state index in [1.54, 1.807) is 0 Å². The third-order valence-corrected chi connectivity index (χ3v) is 3.63. The molecule has 0 unspecified atom stereocenters. The van der Waals surface area contributed by atoms with Crippen molar-refractivity contribution in [2.24, 2.45) is 0 Å². The molecule has 24 heavy (non-hydrogen) atoms. The van der Waals surface area contributed by atoms with Crippen molar-refractivity contribution in [3.8, 4) is 11.1 Å². The molecule has 1 N–H and O–H groups in total. The van der Waals surface area contributed by atoms with E-state index in [0.29, 0.717) is 0 Å². The Morgan fingerprint density at radius 2 is 1.50 bits per heavy atom. The monoisotopic (exact) mass is 323 g/mol. The van der Waals surface area contributed by atoms with E-state index in [1.807, 2.05) is 54.6 Å². The topological polar surface area (TPSA) is 29.1 Å².